The Hall–Kier alpha value is -2.10. The Balaban J connectivity index is 2.17. The van der Waals surface area contributed by atoms with Crippen molar-refractivity contribution in [1.29, 1.82) is 0 Å². The molecule has 0 aliphatic rings. The van der Waals surface area contributed by atoms with Crippen LogP contribution in [0.25, 0.3) is 21.9 Å². The number of hydrogen-bond donors (Lipinski definition) is 2. The summed E-state index contributed by atoms with van der Waals surface area (Å²) in [6.45, 7) is 7.36. The lowest BCUT2D eigenvalue weighted by molar-refractivity contribution is 0.687. The molecule has 0 spiro atoms. The Kier molecular flexibility index (Phi) is 2.85. The van der Waals surface area contributed by atoms with Crippen molar-refractivity contribution in [2.24, 2.45) is 5.92 Å². The van der Waals surface area contributed by atoms with Crippen LogP contribution in [0.1, 0.15) is 19.4 Å². The van der Waals surface area contributed by atoms with Crippen LogP contribution in [0.2, 0.25) is 0 Å². The summed E-state index contributed by atoms with van der Waals surface area (Å²) in [6, 6.07) is 6.36. The zero-order valence-electron chi connectivity index (χ0n) is 11.5. The van der Waals surface area contributed by atoms with Crippen molar-refractivity contribution in [3.05, 3.63) is 30.1 Å². The van der Waals surface area contributed by atoms with E-state index in [1.165, 1.54) is 5.56 Å². The van der Waals surface area contributed by atoms with Gasteiger partial charge in [0, 0.05) is 17.4 Å². The Labute approximate surface area is 112 Å². The van der Waals surface area contributed by atoms with Gasteiger partial charge >= 0.3 is 0 Å². The molecule has 0 saturated heterocycles. The standard InChI is InChI=1S/C15H18N4/c1-9(2)7-16-15-14-13(17-8-18-15)11-6-10(3)4-5-12(11)19-14/h4-6,8-9,19H,7H2,1-3H3,(H,16,17,18). The quantitative estimate of drug-likeness (QED) is 0.752. The molecule has 98 valence electrons. The maximum Gasteiger partial charge on any atom is 0.153 e. The van der Waals surface area contributed by atoms with Crippen LogP contribution in [0.5, 0.6) is 0 Å². The van der Waals surface area contributed by atoms with Crippen LogP contribution in [0.15, 0.2) is 24.5 Å². The van der Waals surface area contributed by atoms with Crippen LogP contribution in [0, 0.1) is 12.8 Å². The van der Waals surface area contributed by atoms with Crippen molar-refractivity contribution in [1.82, 2.24) is 15.0 Å². The molecular formula is C15H18N4. The summed E-state index contributed by atoms with van der Waals surface area (Å²) >= 11 is 0. The van der Waals surface area contributed by atoms with Crippen molar-refractivity contribution in [2.75, 3.05) is 11.9 Å². The second kappa shape index (κ2) is 4.53. The van der Waals surface area contributed by atoms with Gasteiger partial charge in [0.25, 0.3) is 0 Å². The third-order valence-corrected chi connectivity index (χ3v) is 3.21. The van der Waals surface area contributed by atoms with Crippen molar-refractivity contribution in [3.63, 3.8) is 0 Å². The van der Waals surface area contributed by atoms with Gasteiger partial charge in [0.2, 0.25) is 0 Å². The van der Waals surface area contributed by atoms with Gasteiger partial charge in [-0.05, 0) is 25.0 Å². The van der Waals surface area contributed by atoms with Gasteiger partial charge in [0.1, 0.15) is 17.4 Å². The van der Waals surface area contributed by atoms with Crippen LogP contribution in [0.3, 0.4) is 0 Å². The summed E-state index contributed by atoms with van der Waals surface area (Å²) < 4.78 is 0. The van der Waals surface area contributed by atoms with Gasteiger partial charge in [-0.1, -0.05) is 25.5 Å². The average molecular weight is 254 g/mol. The van der Waals surface area contributed by atoms with Crippen molar-refractivity contribution >= 4 is 27.8 Å². The van der Waals surface area contributed by atoms with Gasteiger partial charge in [0.15, 0.2) is 5.82 Å². The molecule has 2 heterocycles. The van der Waals surface area contributed by atoms with Gasteiger partial charge in [-0.2, -0.15) is 0 Å². The number of aryl methyl sites for hydroxylation is 1. The van der Waals surface area contributed by atoms with Gasteiger partial charge < -0.3 is 10.3 Å². The van der Waals surface area contributed by atoms with Crippen LogP contribution in [-0.2, 0) is 0 Å². The van der Waals surface area contributed by atoms with Crippen LogP contribution < -0.4 is 5.32 Å². The summed E-state index contributed by atoms with van der Waals surface area (Å²) in [5, 5.41) is 4.54. The highest BCUT2D eigenvalue weighted by molar-refractivity contribution is 6.08. The number of benzene rings is 1. The van der Waals surface area contributed by atoms with E-state index >= 15 is 0 Å². The molecule has 3 aromatic rings. The van der Waals surface area contributed by atoms with Gasteiger partial charge in [-0.15, -0.1) is 0 Å². The van der Waals surface area contributed by atoms with E-state index in [-0.39, 0.29) is 0 Å². The number of aromatic nitrogens is 3. The SMILES string of the molecule is Cc1ccc2[nH]c3c(NCC(C)C)ncnc3c2c1. The third kappa shape index (κ3) is 2.14. The molecule has 0 fully saturated rings. The Morgan fingerprint density at radius 3 is 2.89 bits per heavy atom. The molecule has 0 aliphatic carbocycles. The monoisotopic (exact) mass is 254 g/mol. The Morgan fingerprint density at radius 1 is 1.26 bits per heavy atom. The smallest absolute Gasteiger partial charge is 0.153 e. The van der Waals surface area contributed by atoms with E-state index in [1.54, 1.807) is 6.33 Å². The summed E-state index contributed by atoms with van der Waals surface area (Å²) in [5.74, 6) is 1.46. The minimum atomic E-state index is 0.580. The zero-order valence-corrected chi connectivity index (χ0v) is 11.5. The minimum absolute atomic E-state index is 0.580. The molecule has 2 aromatic heterocycles. The molecule has 19 heavy (non-hydrogen) atoms. The topological polar surface area (TPSA) is 53.6 Å². The summed E-state index contributed by atoms with van der Waals surface area (Å²) in [7, 11) is 0. The lowest BCUT2D eigenvalue weighted by atomic mass is 10.1. The molecule has 0 saturated carbocycles. The number of aromatic amines is 1. The first-order chi connectivity index (χ1) is 9.15. The van der Waals surface area contributed by atoms with E-state index in [1.807, 2.05) is 0 Å². The number of rotatable bonds is 3. The molecule has 0 bridgehead atoms. The zero-order chi connectivity index (χ0) is 13.4. The van der Waals surface area contributed by atoms with Crippen molar-refractivity contribution < 1.29 is 0 Å². The highest BCUT2D eigenvalue weighted by Gasteiger charge is 2.10. The van der Waals surface area contributed by atoms with E-state index in [0.717, 1.165) is 34.3 Å². The third-order valence-electron chi connectivity index (χ3n) is 3.21. The number of hydrogen-bond acceptors (Lipinski definition) is 3. The molecule has 0 amide bonds. The molecule has 0 atom stereocenters. The van der Waals surface area contributed by atoms with Crippen LogP contribution in [-0.4, -0.2) is 21.5 Å². The lowest BCUT2D eigenvalue weighted by Gasteiger charge is -2.08. The fraction of sp³-hybridized carbons (Fsp3) is 0.333. The molecule has 4 heteroatoms. The summed E-state index contributed by atoms with van der Waals surface area (Å²) in [4.78, 5) is 12.2. The van der Waals surface area contributed by atoms with Crippen molar-refractivity contribution in [3.8, 4) is 0 Å². The second-order valence-corrected chi connectivity index (χ2v) is 5.39. The van der Waals surface area contributed by atoms with Gasteiger partial charge in [-0.3, -0.25) is 0 Å². The average Bonchev–Trinajstić information content (AvgIpc) is 2.75. The lowest BCUT2D eigenvalue weighted by Crippen LogP contribution is -2.09. The highest BCUT2D eigenvalue weighted by atomic mass is 15.0. The van der Waals surface area contributed by atoms with E-state index in [9.17, 15) is 0 Å². The Morgan fingerprint density at radius 2 is 2.11 bits per heavy atom. The predicted molar refractivity (Wildman–Crippen MR) is 79.5 cm³/mol. The van der Waals surface area contributed by atoms with Crippen LogP contribution >= 0.6 is 0 Å². The maximum atomic E-state index is 4.42. The van der Waals surface area contributed by atoms with E-state index < -0.39 is 0 Å². The minimum Gasteiger partial charge on any atom is -0.368 e. The van der Waals surface area contributed by atoms with Gasteiger partial charge in [-0.25, -0.2) is 9.97 Å². The fourth-order valence-electron chi connectivity index (χ4n) is 2.24. The first-order valence-electron chi connectivity index (χ1n) is 6.62. The van der Waals surface area contributed by atoms with Crippen LogP contribution in [0.4, 0.5) is 5.82 Å². The first-order valence-corrected chi connectivity index (χ1v) is 6.62. The molecule has 0 unspecified atom stereocenters. The number of nitrogens with one attached hydrogen (secondary N) is 2. The molecule has 1 aromatic carbocycles. The number of nitrogens with zero attached hydrogens (tertiary/aromatic N) is 2. The summed E-state index contributed by atoms with van der Waals surface area (Å²) in [5.41, 5.74) is 4.32. The number of anilines is 1. The number of H-pyrrole nitrogens is 1. The van der Waals surface area contributed by atoms with E-state index in [2.05, 4.69) is 59.2 Å². The van der Waals surface area contributed by atoms with E-state index in [0.29, 0.717) is 5.92 Å². The van der Waals surface area contributed by atoms with Gasteiger partial charge in [0.05, 0.1) is 0 Å². The largest absolute Gasteiger partial charge is 0.368 e. The summed E-state index contributed by atoms with van der Waals surface area (Å²) in [6.07, 6.45) is 1.63. The molecule has 3 rings (SSSR count). The normalized spacial score (nSPS) is 11.6. The molecular weight excluding hydrogens is 236 g/mol. The second-order valence-electron chi connectivity index (χ2n) is 5.39. The fourth-order valence-corrected chi connectivity index (χ4v) is 2.24. The predicted octanol–water partition coefficient (Wildman–Crippen LogP) is 3.49. The first kappa shape index (κ1) is 12.0. The molecule has 4 nitrogen and oxygen atoms in total. The van der Waals surface area contributed by atoms with Crippen molar-refractivity contribution in [2.45, 2.75) is 20.8 Å². The van der Waals surface area contributed by atoms with E-state index in [4.69, 9.17) is 0 Å². The highest BCUT2D eigenvalue weighted by Crippen LogP contribution is 2.27. The molecule has 0 radical (unpaired) electrons. The molecule has 0 aliphatic heterocycles. The Bertz CT molecular complexity index is 727. The maximum absolute atomic E-state index is 4.42. The number of fused-ring (bicyclic) bond motifs is 3. The molecule has 2 N–H and O–H groups in total.